The van der Waals surface area contributed by atoms with Crippen molar-refractivity contribution >= 4 is 44.3 Å². The standard InChI is InChI=1S/C19H24Br2N2O.ClH/c1-3-24-19-15(11-14(20)12-16(19)21)18-8-7-17(22-18)13(2)23-9-5-4-6-10-23;/h7-8,11-13,22H,3-6,9-10H2,1-2H3;1H. The van der Waals surface area contributed by atoms with Crippen molar-refractivity contribution in [3.8, 4) is 17.0 Å². The summed E-state index contributed by atoms with van der Waals surface area (Å²) in [7, 11) is 0. The second-order valence-electron chi connectivity index (χ2n) is 6.30. The minimum absolute atomic E-state index is 0. The number of aromatic nitrogens is 1. The first-order valence-corrected chi connectivity index (χ1v) is 10.2. The molecule has 1 unspecified atom stereocenters. The number of hydrogen-bond donors (Lipinski definition) is 1. The van der Waals surface area contributed by atoms with E-state index in [9.17, 15) is 0 Å². The Morgan fingerprint density at radius 3 is 2.56 bits per heavy atom. The maximum atomic E-state index is 5.87. The fourth-order valence-electron chi connectivity index (χ4n) is 3.37. The minimum Gasteiger partial charge on any atom is -0.492 e. The fraction of sp³-hybridized carbons (Fsp3) is 0.474. The highest BCUT2D eigenvalue weighted by molar-refractivity contribution is 9.11. The van der Waals surface area contributed by atoms with Gasteiger partial charge in [0.15, 0.2) is 0 Å². The highest BCUT2D eigenvalue weighted by atomic mass is 79.9. The lowest BCUT2D eigenvalue weighted by atomic mass is 10.1. The SMILES string of the molecule is CCOc1c(Br)cc(Br)cc1-c1ccc(C(C)N2CCCCC2)[nH]1.Cl. The zero-order valence-corrected chi connectivity index (χ0v) is 18.6. The first-order chi connectivity index (χ1) is 11.6. The Balaban J connectivity index is 0.00000225. The molecule has 2 aromatic rings. The molecule has 138 valence electrons. The Bertz CT molecular complexity index is 699. The van der Waals surface area contributed by atoms with E-state index >= 15 is 0 Å². The molecule has 1 atom stereocenters. The van der Waals surface area contributed by atoms with E-state index in [0.717, 1.165) is 26.0 Å². The molecule has 2 heterocycles. The number of hydrogen-bond acceptors (Lipinski definition) is 2. The second-order valence-corrected chi connectivity index (χ2v) is 8.07. The summed E-state index contributed by atoms with van der Waals surface area (Å²) < 4.78 is 7.87. The van der Waals surface area contributed by atoms with Crippen molar-refractivity contribution in [3.05, 3.63) is 38.9 Å². The summed E-state index contributed by atoms with van der Waals surface area (Å²) in [6, 6.07) is 8.92. The largest absolute Gasteiger partial charge is 0.492 e. The van der Waals surface area contributed by atoms with Gasteiger partial charge in [0.05, 0.1) is 11.1 Å². The van der Waals surface area contributed by atoms with E-state index < -0.39 is 0 Å². The van der Waals surface area contributed by atoms with Gasteiger partial charge in [-0.3, -0.25) is 4.90 Å². The summed E-state index contributed by atoms with van der Waals surface area (Å²) in [5.74, 6) is 0.889. The van der Waals surface area contributed by atoms with Gasteiger partial charge in [-0.2, -0.15) is 0 Å². The third-order valence-corrected chi connectivity index (χ3v) is 5.73. The summed E-state index contributed by atoms with van der Waals surface area (Å²) in [6.07, 6.45) is 3.99. The van der Waals surface area contributed by atoms with Gasteiger partial charge in [-0.15, -0.1) is 12.4 Å². The normalized spacial score (nSPS) is 16.3. The smallest absolute Gasteiger partial charge is 0.142 e. The summed E-state index contributed by atoms with van der Waals surface area (Å²) in [5.41, 5.74) is 3.44. The summed E-state index contributed by atoms with van der Waals surface area (Å²) in [4.78, 5) is 6.19. The number of ether oxygens (including phenoxy) is 1. The zero-order valence-electron chi connectivity index (χ0n) is 14.6. The average molecular weight is 493 g/mol. The Hall–Kier alpha value is -0.490. The van der Waals surface area contributed by atoms with E-state index in [1.807, 2.05) is 13.0 Å². The molecule has 1 N–H and O–H groups in total. The van der Waals surface area contributed by atoms with Gasteiger partial charge in [0.2, 0.25) is 0 Å². The van der Waals surface area contributed by atoms with Gasteiger partial charge in [0.25, 0.3) is 0 Å². The predicted molar refractivity (Wildman–Crippen MR) is 114 cm³/mol. The quantitative estimate of drug-likeness (QED) is 0.511. The highest BCUT2D eigenvalue weighted by Gasteiger charge is 2.20. The van der Waals surface area contributed by atoms with Gasteiger partial charge < -0.3 is 9.72 Å². The van der Waals surface area contributed by atoms with Crippen LogP contribution in [-0.2, 0) is 0 Å². The lowest BCUT2D eigenvalue weighted by Gasteiger charge is -2.31. The maximum Gasteiger partial charge on any atom is 0.142 e. The number of benzene rings is 1. The zero-order chi connectivity index (χ0) is 17.1. The minimum atomic E-state index is 0. The van der Waals surface area contributed by atoms with Crippen LogP contribution in [0.1, 0.15) is 44.8 Å². The van der Waals surface area contributed by atoms with E-state index in [4.69, 9.17) is 4.74 Å². The van der Waals surface area contributed by atoms with E-state index in [-0.39, 0.29) is 12.4 Å². The first-order valence-electron chi connectivity index (χ1n) is 8.65. The molecule has 1 aliphatic rings. The molecule has 0 bridgehead atoms. The molecule has 1 aromatic carbocycles. The molecule has 6 heteroatoms. The molecule has 0 saturated carbocycles. The van der Waals surface area contributed by atoms with Gasteiger partial charge in [-0.05, 0) is 80.0 Å². The molecule has 3 rings (SSSR count). The predicted octanol–water partition coefficient (Wildman–Crippen LogP) is 6.57. The van der Waals surface area contributed by atoms with Crippen LogP contribution in [0, 0.1) is 0 Å². The molecule has 1 aromatic heterocycles. The molecule has 0 spiro atoms. The number of nitrogens with zero attached hydrogens (tertiary/aromatic N) is 1. The molecule has 25 heavy (non-hydrogen) atoms. The molecule has 0 aliphatic carbocycles. The second kappa shape index (κ2) is 9.45. The molecule has 3 nitrogen and oxygen atoms in total. The van der Waals surface area contributed by atoms with Crippen LogP contribution in [-0.4, -0.2) is 29.6 Å². The Kier molecular flexibility index (Phi) is 7.87. The van der Waals surface area contributed by atoms with Crippen molar-refractivity contribution in [2.75, 3.05) is 19.7 Å². The summed E-state index contributed by atoms with van der Waals surface area (Å²) >= 11 is 7.20. The van der Waals surface area contributed by atoms with Crippen molar-refractivity contribution < 1.29 is 4.74 Å². The van der Waals surface area contributed by atoms with Crippen LogP contribution < -0.4 is 4.74 Å². The number of nitrogens with one attached hydrogen (secondary N) is 1. The van der Waals surface area contributed by atoms with Gasteiger partial charge in [0, 0.05) is 27.5 Å². The van der Waals surface area contributed by atoms with E-state index in [1.54, 1.807) is 0 Å². The number of halogens is 3. The number of aromatic amines is 1. The van der Waals surface area contributed by atoms with Crippen LogP contribution in [0.25, 0.3) is 11.3 Å². The summed E-state index contributed by atoms with van der Waals surface area (Å²) in [6.45, 7) is 7.34. The van der Waals surface area contributed by atoms with Gasteiger partial charge in [-0.1, -0.05) is 22.4 Å². The van der Waals surface area contributed by atoms with Gasteiger partial charge in [-0.25, -0.2) is 0 Å². The van der Waals surface area contributed by atoms with E-state index in [1.165, 1.54) is 38.0 Å². The number of likely N-dealkylation sites (tertiary alicyclic amines) is 1. The molecule has 1 aliphatic heterocycles. The molecular formula is C19H25Br2ClN2O. The molecular weight excluding hydrogens is 467 g/mol. The van der Waals surface area contributed by atoms with Crippen molar-refractivity contribution in [2.45, 2.75) is 39.2 Å². The highest BCUT2D eigenvalue weighted by Crippen LogP contribution is 2.39. The van der Waals surface area contributed by atoms with Gasteiger partial charge >= 0.3 is 0 Å². The van der Waals surface area contributed by atoms with Crippen molar-refractivity contribution in [1.82, 2.24) is 9.88 Å². The van der Waals surface area contributed by atoms with Crippen molar-refractivity contribution in [2.24, 2.45) is 0 Å². The lowest BCUT2D eigenvalue weighted by molar-refractivity contribution is 0.172. The number of rotatable bonds is 5. The average Bonchev–Trinajstić information content (AvgIpc) is 3.07. The van der Waals surface area contributed by atoms with E-state index in [2.05, 4.69) is 66.9 Å². The van der Waals surface area contributed by atoms with E-state index in [0.29, 0.717) is 12.6 Å². The monoisotopic (exact) mass is 490 g/mol. The lowest BCUT2D eigenvalue weighted by Crippen LogP contribution is -2.32. The Morgan fingerprint density at radius 2 is 1.88 bits per heavy atom. The number of H-pyrrole nitrogens is 1. The van der Waals surface area contributed by atoms with Crippen LogP contribution >= 0.6 is 44.3 Å². The van der Waals surface area contributed by atoms with Crippen molar-refractivity contribution in [3.63, 3.8) is 0 Å². The summed E-state index contributed by atoms with van der Waals surface area (Å²) in [5, 5.41) is 0. The van der Waals surface area contributed by atoms with Crippen LogP contribution in [0.15, 0.2) is 33.2 Å². The molecule has 1 saturated heterocycles. The molecule has 0 amide bonds. The molecule has 1 fully saturated rings. The number of piperidine rings is 1. The third kappa shape index (κ3) is 4.82. The van der Waals surface area contributed by atoms with Crippen LogP contribution in [0.2, 0.25) is 0 Å². The van der Waals surface area contributed by atoms with Crippen LogP contribution in [0.5, 0.6) is 5.75 Å². The fourth-order valence-corrected chi connectivity index (χ4v) is 4.71. The maximum absolute atomic E-state index is 5.87. The van der Waals surface area contributed by atoms with Crippen LogP contribution in [0.3, 0.4) is 0 Å². The van der Waals surface area contributed by atoms with Crippen LogP contribution in [0.4, 0.5) is 0 Å². The third-order valence-electron chi connectivity index (χ3n) is 4.68. The first kappa shape index (κ1) is 20.8. The Labute approximate surface area is 173 Å². The topological polar surface area (TPSA) is 28.3 Å². The Morgan fingerprint density at radius 1 is 1.16 bits per heavy atom. The molecule has 0 radical (unpaired) electrons. The van der Waals surface area contributed by atoms with Crippen molar-refractivity contribution in [1.29, 1.82) is 0 Å². The van der Waals surface area contributed by atoms with Gasteiger partial charge in [0.1, 0.15) is 5.75 Å².